The van der Waals surface area contributed by atoms with Gasteiger partial charge in [-0.2, -0.15) is 0 Å². The molecule has 4 saturated heterocycles. The number of ether oxygens (including phenoxy) is 12. The van der Waals surface area contributed by atoms with Gasteiger partial charge < -0.3 is 61.3 Å². The number of nitrogens with zero attached hydrogens (tertiary/aromatic N) is 2. The first kappa shape index (κ1) is 63.9. The Bertz CT molecular complexity index is 3280. The van der Waals surface area contributed by atoms with Crippen molar-refractivity contribution in [1.29, 1.82) is 0 Å². The van der Waals surface area contributed by atoms with Crippen molar-refractivity contribution in [3.8, 4) is 0 Å². The number of rotatable bonds is 22. The molecule has 6 heterocycles. The van der Waals surface area contributed by atoms with Crippen molar-refractivity contribution in [2.75, 3.05) is 26.4 Å². The lowest BCUT2D eigenvalue weighted by Gasteiger charge is -2.52. The summed E-state index contributed by atoms with van der Waals surface area (Å²) in [6, 6.07) is 26.8. The zero-order valence-corrected chi connectivity index (χ0v) is 50.8. The summed E-state index contributed by atoms with van der Waals surface area (Å²) in [6.07, 6.45) is -18.7. The van der Waals surface area contributed by atoms with Gasteiger partial charge in [-0.1, -0.05) is 118 Å². The lowest BCUT2D eigenvalue weighted by atomic mass is 9.92. The van der Waals surface area contributed by atoms with Gasteiger partial charge in [0.15, 0.2) is 55.5 Å². The summed E-state index contributed by atoms with van der Waals surface area (Å²) < 4.78 is 83.7. The summed E-state index contributed by atoms with van der Waals surface area (Å²) in [4.78, 5) is 129. The highest BCUT2D eigenvalue weighted by Crippen LogP contribution is 2.45. The molecule has 4 fully saturated rings. The predicted molar refractivity (Wildman–Crippen MR) is 310 cm³/mol. The van der Waals surface area contributed by atoms with Crippen LogP contribution < -0.4 is 10.4 Å². The van der Waals surface area contributed by atoms with Crippen molar-refractivity contribution < 1.29 is 104 Å². The van der Waals surface area contributed by atoms with E-state index in [1.807, 2.05) is 81.4 Å². The second-order valence-corrected chi connectivity index (χ2v) is 27.2. The Kier molecular flexibility index (Phi) is 19.0. The highest BCUT2D eigenvalue weighted by atomic mass is 28.4. The molecule has 0 aliphatic carbocycles. The summed E-state index contributed by atoms with van der Waals surface area (Å²) in [5.74, 6) is -8.28. The van der Waals surface area contributed by atoms with Crippen molar-refractivity contribution >= 4 is 72.2 Å². The molecule has 0 bridgehead atoms. The van der Waals surface area contributed by atoms with Gasteiger partial charge in [0.1, 0.15) is 43.1 Å². The molecule has 0 spiro atoms. The van der Waals surface area contributed by atoms with Crippen LogP contribution in [0.1, 0.15) is 89.9 Å². The number of esters is 5. The van der Waals surface area contributed by atoms with Gasteiger partial charge in [0.05, 0.1) is 42.1 Å². The topological polar surface area (TPSA) is 280 Å². The smallest absolute Gasteiger partial charge is 0.338 e. The zero-order chi connectivity index (χ0) is 63.6. The molecule has 6 aliphatic heterocycles. The minimum Gasteiger partial charge on any atom is -0.463 e. The van der Waals surface area contributed by atoms with Crippen LogP contribution in [0.5, 0.6) is 0 Å². The van der Waals surface area contributed by atoms with Crippen molar-refractivity contribution in [2.24, 2.45) is 0 Å². The number of hydrogen-bond donors (Lipinski definition) is 0. The molecular formula is C64H68N2O22Si. The van der Waals surface area contributed by atoms with Crippen LogP contribution >= 0.6 is 0 Å². The summed E-state index contributed by atoms with van der Waals surface area (Å²) in [5.41, 5.74) is -0.285. The van der Waals surface area contributed by atoms with Crippen LogP contribution in [0.25, 0.3) is 0 Å². The molecule has 0 radical (unpaired) electrons. The molecule has 89 heavy (non-hydrogen) atoms. The molecule has 24 nitrogen and oxygen atoms in total. The molecule has 25 heteroatoms. The van der Waals surface area contributed by atoms with Crippen molar-refractivity contribution in [3.63, 3.8) is 0 Å². The van der Waals surface area contributed by atoms with E-state index in [2.05, 4.69) is 13.2 Å². The molecule has 6 aliphatic rings. The van der Waals surface area contributed by atoms with E-state index >= 15 is 9.59 Å². The van der Waals surface area contributed by atoms with Gasteiger partial charge in [-0.25, -0.2) is 4.79 Å². The molecule has 0 N–H and O–H groups in total. The van der Waals surface area contributed by atoms with Gasteiger partial charge in [-0.3, -0.25) is 48.2 Å². The Morgan fingerprint density at radius 2 is 0.921 bits per heavy atom. The van der Waals surface area contributed by atoms with E-state index in [1.165, 1.54) is 60.7 Å². The number of imide groups is 2. The monoisotopic (exact) mass is 1240 g/mol. The Morgan fingerprint density at radius 1 is 0.506 bits per heavy atom. The molecule has 0 saturated carbocycles. The van der Waals surface area contributed by atoms with Crippen molar-refractivity contribution in [3.05, 3.63) is 157 Å². The number of carbonyl (C=O) groups is 9. The number of amides is 4. The standard InChI is InChI=1S/C64H68N2O22Si/c1-10-30-76-54-52-53(85-60(54)75)55(63(87-52)77-31-11-2)88-62-47(66-58(73)42-28-20-21-29-43(42)59(66)74)51(82-37(6)70)49(45(84-62)33-79-89(64(7,8)9,38-22-14-12-15-23-38)39-24-16-13-17-25-39)86-61-46(65-56(71)40-26-18-19-27-41(40)57(65)72)50(81-36(5)69)48(80-35(4)68)44(83-61)32-78-34(3)67/h10-29,44-55,61-63H,1-2,30-33H2,3-9H3/t44-,45-,46-,47-,48-,49-,50-,51-,52+,53+,54+,55-,61+,62+,63-/m1/s1. The maximum absolute atomic E-state index is 15.2. The molecule has 4 aromatic rings. The molecule has 10 rings (SSSR count). The first-order valence-corrected chi connectivity index (χ1v) is 30.8. The number of benzene rings is 4. The largest absolute Gasteiger partial charge is 0.463 e. The fourth-order valence-corrected chi connectivity index (χ4v) is 17.1. The average Bonchev–Trinajstić information content (AvgIpc) is 1.68. The maximum atomic E-state index is 15.2. The Labute approximate surface area is 513 Å². The quantitative estimate of drug-likeness (QED) is 0.0355. The highest BCUT2D eigenvalue weighted by molar-refractivity contribution is 6.99. The first-order valence-electron chi connectivity index (χ1n) is 28.9. The minimum atomic E-state index is -3.69. The van der Waals surface area contributed by atoms with Crippen LogP contribution in [-0.4, -0.2) is 190 Å². The van der Waals surface area contributed by atoms with Crippen molar-refractivity contribution in [2.45, 2.75) is 145 Å². The third kappa shape index (κ3) is 12.4. The van der Waals surface area contributed by atoms with E-state index < -0.39 is 172 Å². The van der Waals surface area contributed by atoms with Gasteiger partial charge in [0.2, 0.25) is 0 Å². The second kappa shape index (κ2) is 26.5. The fraction of sp³-hybridized carbons (Fsp3) is 0.422. The lowest BCUT2D eigenvalue weighted by molar-refractivity contribution is -0.350. The first-order chi connectivity index (χ1) is 42.6. The van der Waals surface area contributed by atoms with Crippen LogP contribution in [0.15, 0.2) is 135 Å². The fourth-order valence-electron chi connectivity index (χ4n) is 12.5. The number of hydrogen-bond acceptors (Lipinski definition) is 22. The normalized spacial score (nSPS) is 29.0. The average molecular weight is 1250 g/mol. The number of carbonyl (C=O) groups excluding carboxylic acids is 9. The highest BCUT2D eigenvalue weighted by Gasteiger charge is 2.65. The molecular weight excluding hydrogens is 1180 g/mol. The van der Waals surface area contributed by atoms with Crippen LogP contribution in [-0.2, 0) is 85.2 Å². The Balaban J connectivity index is 1.19. The van der Waals surface area contributed by atoms with E-state index in [4.69, 9.17) is 61.3 Å². The van der Waals surface area contributed by atoms with E-state index in [9.17, 15) is 33.6 Å². The van der Waals surface area contributed by atoms with Gasteiger partial charge in [0.25, 0.3) is 31.9 Å². The summed E-state index contributed by atoms with van der Waals surface area (Å²) in [5, 5.41) is 0.860. The number of fused-ring (bicyclic) bond motifs is 3. The van der Waals surface area contributed by atoms with Gasteiger partial charge in [-0.15, -0.1) is 13.2 Å². The van der Waals surface area contributed by atoms with Crippen molar-refractivity contribution in [1.82, 2.24) is 9.80 Å². The minimum absolute atomic E-state index is 0.0637. The Hall–Kier alpha value is -8.11. The summed E-state index contributed by atoms with van der Waals surface area (Å²) in [7, 11) is -3.69. The van der Waals surface area contributed by atoms with E-state index in [0.29, 0.717) is 0 Å². The molecule has 15 atom stereocenters. The third-order valence-electron chi connectivity index (χ3n) is 16.1. The summed E-state index contributed by atoms with van der Waals surface area (Å²) >= 11 is 0. The molecule has 0 unspecified atom stereocenters. The predicted octanol–water partition coefficient (Wildman–Crippen LogP) is 3.90. The van der Waals surface area contributed by atoms with Crippen LogP contribution in [0, 0.1) is 0 Å². The second-order valence-electron chi connectivity index (χ2n) is 22.9. The maximum Gasteiger partial charge on any atom is 0.338 e. The zero-order valence-electron chi connectivity index (χ0n) is 49.8. The van der Waals surface area contributed by atoms with Gasteiger partial charge >= 0.3 is 29.8 Å². The molecule has 470 valence electrons. The van der Waals surface area contributed by atoms with E-state index in [1.54, 1.807) is 0 Å². The SMILES string of the molecule is C=CCO[C@@H]1O[C@H]2[C@H](OC(=O)[C@H]2OCC=C)[C@H]1O[C@@H]1O[C@H](CO[Si](c2ccccc2)(c2ccccc2)C(C)(C)C)[C@@H](O[C@@H]2O[C@H](COC(C)=O)[C@@H](OC(C)=O)[C@H](OC(C)=O)[C@H]2N2C(=O)c3ccccc3C2=O)[C@H](OC(C)=O)[C@H]1N1C(=O)c2ccccc2C1=O. The van der Waals surface area contributed by atoms with Gasteiger partial charge in [0, 0.05) is 27.7 Å². The van der Waals surface area contributed by atoms with Crippen LogP contribution in [0.2, 0.25) is 5.04 Å². The molecule has 0 aromatic heterocycles. The van der Waals surface area contributed by atoms with E-state index in [0.717, 1.165) is 47.9 Å². The van der Waals surface area contributed by atoms with Crippen LogP contribution in [0.4, 0.5) is 0 Å². The van der Waals surface area contributed by atoms with Crippen LogP contribution in [0.3, 0.4) is 0 Å². The molecule has 4 aromatic carbocycles. The molecule has 4 amide bonds. The van der Waals surface area contributed by atoms with Gasteiger partial charge in [-0.05, 0) is 39.7 Å². The van der Waals surface area contributed by atoms with E-state index in [-0.39, 0.29) is 35.5 Å². The summed E-state index contributed by atoms with van der Waals surface area (Å²) in [6.45, 7) is 16.2. The lowest BCUT2D eigenvalue weighted by Crippen LogP contribution is -2.72. The Morgan fingerprint density at radius 3 is 1.36 bits per heavy atom. The third-order valence-corrected chi connectivity index (χ3v) is 21.1.